The first-order valence-corrected chi connectivity index (χ1v) is 7.37. The van der Waals surface area contributed by atoms with Crippen LogP contribution in [-0.4, -0.2) is 24.2 Å². The molecule has 1 aromatic rings. The van der Waals surface area contributed by atoms with E-state index in [1.165, 1.54) is 16.7 Å². The molecule has 0 radical (unpaired) electrons. The second-order valence-electron chi connectivity index (χ2n) is 5.54. The third kappa shape index (κ3) is 3.60. The van der Waals surface area contributed by atoms with Crippen molar-refractivity contribution in [1.82, 2.24) is 5.32 Å². The van der Waals surface area contributed by atoms with Gasteiger partial charge in [-0.2, -0.15) is 0 Å². The van der Waals surface area contributed by atoms with Crippen LogP contribution in [0.25, 0.3) is 0 Å². The zero-order valence-electron chi connectivity index (χ0n) is 13.4. The fourth-order valence-corrected chi connectivity index (χ4v) is 2.54. The van der Waals surface area contributed by atoms with Gasteiger partial charge in [-0.3, -0.25) is 4.79 Å². The maximum Gasteiger partial charge on any atom is 0.251 e. The highest BCUT2D eigenvalue weighted by Crippen LogP contribution is 2.25. The Morgan fingerprint density at radius 3 is 1.85 bits per heavy atom. The molecule has 1 aromatic carbocycles. The van der Waals surface area contributed by atoms with E-state index in [2.05, 4.69) is 26.1 Å². The number of carbonyl (C=O) groups is 1. The molecular weight excluding hydrogens is 250 g/mol. The fourth-order valence-electron chi connectivity index (χ4n) is 2.54. The molecule has 2 N–H and O–H groups in total. The van der Waals surface area contributed by atoms with E-state index in [1.54, 1.807) is 0 Å². The molecule has 1 rings (SSSR count). The van der Waals surface area contributed by atoms with Crippen LogP contribution >= 0.6 is 0 Å². The summed E-state index contributed by atoms with van der Waals surface area (Å²) in [5.74, 6) is 0.0233. The third-order valence-electron chi connectivity index (χ3n) is 4.35. The lowest BCUT2D eigenvalue weighted by atomic mass is 9.89. The largest absolute Gasteiger partial charge is 0.396 e. The molecule has 0 aliphatic heterocycles. The van der Waals surface area contributed by atoms with Gasteiger partial charge in [0, 0.05) is 18.7 Å². The topological polar surface area (TPSA) is 49.3 Å². The smallest absolute Gasteiger partial charge is 0.251 e. The summed E-state index contributed by atoms with van der Waals surface area (Å²) < 4.78 is 0. The second-order valence-corrected chi connectivity index (χ2v) is 5.54. The maximum absolute atomic E-state index is 12.4. The molecule has 1 amide bonds. The van der Waals surface area contributed by atoms with Crippen LogP contribution in [0.1, 0.15) is 57.4 Å². The van der Waals surface area contributed by atoms with Gasteiger partial charge in [0.05, 0.1) is 0 Å². The molecule has 0 saturated heterocycles. The van der Waals surface area contributed by atoms with Crippen LogP contribution in [0.4, 0.5) is 0 Å². The number of amides is 1. The molecule has 0 aliphatic rings. The van der Waals surface area contributed by atoms with E-state index in [9.17, 15) is 4.79 Å². The Kier molecular flexibility index (Phi) is 6.21. The molecule has 0 aliphatic carbocycles. The van der Waals surface area contributed by atoms with Gasteiger partial charge in [-0.05, 0) is 81.7 Å². The number of aliphatic hydroxyl groups excluding tert-OH is 1. The van der Waals surface area contributed by atoms with Gasteiger partial charge >= 0.3 is 0 Å². The van der Waals surface area contributed by atoms with Gasteiger partial charge < -0.3 is 10.4 Å². The molecule has 0 aromatic heterocycles. The highest BCUT2D eigenvalue weighted by Gasteiger charge is 2.17. The SMILES string of the molecule is Cc1c(C)c(C)c(C(=O)NCCCCCO)c(C)c1C. The Morgan fingerprint density at radius 1 is 0.850 bits per heavy atom. The number of hydrogen-bond acceptors (Lipinski definition) is 2. The molecule has 3 nitrogen and oxygen atoms in total. The van der Waals surface area contributed by atoms with Gasteiger partial charge in [-0.1, -0.05) is 0 Å². The van der Waals surface area contributed by atoms with Gasteiger partial charge in [0.1, 0.15) is 0 Å². The Hall–Kier alpha value is -1.35. The summed E-state index contributed by atoms with van der Waals surface area (Å²) in [7, 11) is 0. The predicted molar refractivity (Wildman–Crippen MR) is 83.4 cm³/mol. The summed E-state index contributed by atoms with van der Waals surface area (Å²) >= 11 is 0. The highest BCUT2D eigenvalue weighted by molar-refractivity contribution is 5.98. The first kappa shape index (κ1) is 16.7. The number of unbranched alkanes of at least 4 members (excludes halogenated alkanes) is 2. The number of aliphatic hydroxyl groups is 1. The van der Waals surface area contributed by atoms with Crippen molar-refractivity contribution < 1.29 is 9.90 Å². The molecule has 0 heterocycles. The number of benzene rings is 1. The summed E-state index contributed by atoms with van der Waals surface area (Å²) in [6.07, 6.45) is 2.66. The zero-order chi connectivity index (χ0) is 15.3. The second kappa shape index (κ2) is 7.44. The lowest BCUT2D eigenvalue weighted by Gasteiger charge is -2.18. The molecule has 0 saturated carbocycles. The lowest BCUT2D eigenvalue weighted by Crippen LogP contribution is -2.27. The molecule has 112 valence electrons. The molecule has 0 fully saturated rings. The Balaban J connectivity index is 2.83. The van der Waals surface area contributed by atoms with E-state index in [0.717, 1.165) is 36.0 Å². The molecule has 0 unspecified atom stereocenters. The van der Waals surface area contributed by atoms with E-state index >= 15 is 0 Å². The van der Waals surface area contributed by atoms with Crippen LogP contribution in [0.15, 0.2) is 0 Å². The van der Waals surface area contributed by atoms with Crippen molar-refractivity contribution in [1.29, 1.82) is 0 Å². The molecule has 0 spiro atoms. The fraction of sp³-hybridized carbons (Fsp3) is 0.588. The minimum absolute atomic E-state index is 0.0233. The van der Waals surface area contributed by atoms with Crippen LogP contribution in [0.3, 0.4) is 0 Å². The third-order valence-corrected chi connectivity index (χ3v) is 4.35. The van der Waals surface area contributed by atoms with Crippen molar-refractivity contribution in [3.63, 3.8) is 0 Å². The predicted octanol–water partition coefficient (Wildman–Crippen LogP) is 3.12. The van der Waals surface area contributed by atoms with Gasteiger partial charge in [0.25, 0.3) is 5.91 Å². The minimum Gasteiger partial charge on any atom is -0.396 e. The molecule has 0 atom stereocenters. The summed E-state index contributed by atoms with van der Waals surface area (Å²) in [6, 6.07) is 0. The first-order valence-electron chi connectivity index (χ1n) is 7.37. The summed E-state index contributed by atoms with van der Waals surface area (Å²) in [5.41, 5.74) is 6.68. The van der Waals surface area contributed by atoms with Crippen molar-refractivity contribution in [2.75, 3.05) is 13.2 Å². The van der Waals surface area contributed by atoms with Gasteiger partial charge in [0.15, 0.2) is 0 Å². The Bertz CT molecular complexity index is 463. The van der Waals surface area contributed by atoms with Crippen LogP contribution in [0.2, 0.25) is 0 Å². The average molecular weight is 277 g/mol. The quantitative estimate of drug-likeness (QED) is 0.785. The van der Waals surface area contributed by atoms with E-state index in [0.29, 0.717) is 6.54 Å². The van der Waals surface area contributed by atoms with Crippen LogP contribution in [0.5, 0.6) is 0 Å². The van der Waals surface area contributed by atoms with Gasteiger partial charge in [-0.25, -0.2) is 0 Å². The minimum atomic E-state index is 0.0233. The average Bonchev–Trinajstić information content (AvgIpc) is 2.43. The summed E-state index contributed by atoms with van der Waals surface area (Å²) in [5, 5.41) is 11.7. The zero-order valence-corrected chi connectivity index (χ0v) is 13.4. The van der Waals surface area contributed by atoms with Crippen LogP contribution in [-0.2, 0) is 0 Å². The Labute approximate surface area is 122 Å². The van der Waals surface area contributed by atoms with E-state index < -0.39 is 0 Å². The van der Waals surface area contributed by atoms with Gasteiger partial charge in [-0.15, -0.1) is 0 Å². The first-order chi connectivity index (χ1) is 9.41. The molecule has 3 heteroatoms. The van der Waals surface area contributed by atoms with E-state index in [4.69, 9.17) is 5.11 Å². The monoisotopic (exact) mass is 277 g/mol. The van der Waals surface area contributed by atoms with Crippen LogP contribution < -0.4 is 5.32 Å². The number of rotatable bonds is 6. The number of nitrogens with one attached hydrogen (secondary N) is 1. The molecule has 0 bridgehead atoms. The van der Waals surface area contributed by atoms with Crippen molar-refractivity contribution in [2.45, 2.75) is 53.9 Å². The van der Waals surface area contributed by atoms with Crippen molar-refractivity contribution in [3.8, 4) is 0 Å². The standard InChI is InChI=1S/C17H27NO2/c1-11-12(2)14(4)16(15(5)13(11)3)17(20)18-9-7-6-8-10-19/h19H,6-10H2,1-5H3,(H,18,20). The van der Waals surface area contributed by atoms with Crippen molar-refractivity contribution in [2.24, 2.45) is 0 Å². The normalized spacial score (nSPS) is 10.7. The maximum atomic E-state index is 12.4. The number of hydrogen-bond donors (Lipinski definition) is 2. The van der Waals surface area contributed by atoms with E-state index in [1.807, 2.05) is 13.8 Å². The van der Waals surface area contributed by atoms with Crippen LogP contribution in [0, 0.1) is 34.6 Å². The molecule has 20 heavy (non-hydrogen) atoms. The van der Waals surface area contributed by atoms with Gasteiger partial charge in [0.2, 0.25) is 0 Å². The Morgan fingerprint density at radius 2 is 1.35 bits per heavy atom. The summed E-state index contributed by atoms with van der Waals surface area (Å²) in [6.45, 7) is 11.2. The molecular formula is C17H27NO2. The number of carbonyl (C=O) groups excluding carboxylic acids is 1. The van der Waals surface area contributed by atoms with Crippen molar-refractivity contribution in [3.05, 3.63) is 33.4 Å². The lowest BCUT2D eigenvalue weighted by molar-refractivity contribution is 0.0951. The van der Waals surface area contributed by atoms with E-state index in [-0.39, 0.29) is 12.5 Å². The summed E-state index contributed by atoms with van der Waals surface area (Å²) in [4.78, 5) is 12.4. The van der Waals surface area contributed by atoms with Crippen molar-refractivity contribution >= 4 is 5.91 Å². The highest BCUT2D eigenvalue weighted by atomic mass is 16.2.